The first-order valence-corrected chi connectivity index (χ1v) is 10.2. The molecule has 6 heteroatoms. The van der Waals surface area contributed by atoms with Crippen LogP contribution in [0.5, 0.6) is 0 Å². The van der Waals surface area contributed by atoms with Gasteiger partial charge in [0.2, 0.25) is 11.1 Å². The highest BCUT2D eigenvalue weighted by atomic mass is 32.2. The van der Waals surface area contributed by atoms with Gasteiger partial charge in [0.1, 0.15) is 6.54 Å². The number of fused-ring (bicyclic) bond motifs is 1. The molecule has 0 bridgehead atoms. The minimum absolute atomic E-state index is 0.0939. The molecule has 0 aromatic heterocycles. The van der Waals surface area contributed by atoms with Crippen molar-refractivity contribution in [3.8, 4) is 0 Å². The fourth-order valence-electron chi connectivity index (χ4n) is 4.56. The zero-order valence-electron chi connectivity index (χ0n) is 14.7. The molecule has 0 amide bonds. The molecule has 1 N–H and O–H groups in total. The van der Waals surface area contributed by atoms with Gasteiger partial charge in [-0.15, -0.1) is 0 Å². The van der Waals surface area contributed by atoms with Crippen molar-refractivity contribution in [1.29, 1.82) is 0 Å². The van der Waals surface area contributed by atoms with Gasteiger partial charge in [0.05, 0.1) is 11.4 Å². The maximum Gasteiger partial charge on any atom is 0.238 e. The van der Waals surface area contributed by atoms with E-state index in [-0.39, 0.29) is 10.8 Å². The van der Waals surface area contributed by atoms with Crippen molar-refractivity contribution < 1.29 is 14.6 Å². The second-order valence-corrected chi connectivity index (χ2v) is 8.66. The molecule has 3 rings (SSSR count). The summed E-state index contributed by atoms with van der Waals surface area (Å²) >= 11 is 1.99. The van der Waals surface area contributed by atoms with E-state index in [0.29, 0.717) is 30.6 Å². The number of nitro groups is 1. The normalized spacial score (nSPS) is 37.5. The molecule has 3 aliphatic rings. The van der Waals surface area contributed by atoms with Gasteiger partial charge in [-0.25, -0.2) is 4.58 Å². The van der Waals surface area contributed by atoms with Gasteiger partial charge in [0.25, 0.3) is 0 Å². The summed E-state index contributed by atoms with van der Waals surface area (Å²) in [5.41, 5.74) is 1.20. The molecule has 0 saturated heterocycles. The Morgan fingerprint density at radius 3 is 2.83 bits per heavy atom. The topological polar surface area (TPSA) is 66.4 Å². The van der Waals surface area contributed by atoms with Crippen molar-refractivity contribution in [3.63, 3.8) is 0 Å². The third-order valence-electron chi connectivity index (χ3n) is 5.87. The van der Waals surface area contributed by atoms with Gasteiger partial charge in [-0.05, 0) is 44.9 Å². The molecular weight excluding hydrogens is 324 g/mol. The molecule has 1 aliphatic heterocycles. The van der Waals surface area contributed by atoms with Crippen LogP contribution in [-0.4, -0.2) is 49.6 Å². The number of aliphatic hydroxyl groups is 1. The van der Waals surface area contributed by atoms with Crippen LogP contribution in [0.3, 0.4) is 0 Å². The lowest BCUT2D eigenvalue weighted by Gasteiger charge is -2.27. The van der Waals surface area contributed by atoms with Gasteiger partial charge >= 0.3 is 0 Å². The molecule has 0 spiro atoms. The number of aliphatic hydroxyl groups excluding tert-OH is 1. The minimum atomic E-state index is -0.506. The van der Waals surface area contributed by atoms with Crippen molar-refractivity contribution in [2.24, 2.45) is 5.92 Å². The summed E-state index contributed by atoms with van der Waals surface area (Å²) in [5, 5.41) is 23.4. The Balaban J connectivity index is 1.80. The van der Waals surface area contributed by atoms with Crippen LogP contribution in [0, 0.1) is 16.0 Å². The molecule has 24 heavy (non-hydrogen) atoms. The van der Waals surface area contributed by atoms with E-state index in [0.717, 1.165) is 6.54 Å². The van der Waals surface area contributed by atoms with Crippen LogP contribution in [0.25, 0.3) is 0 Å². The van der Waals surface area contributed by atoms with Crippen molar-refractivity contribution in [3.05, 3.63) is 21.8 Å². The van der Waals surface area contributed by atoms with Crippen molar-refractivity contribution >= 4 is 16.8 Å². The lowest BCUT2D eigenvalue weighted by atomic mass is 9.82. The molecule has 2 fully saturated rings. The van der Waals surface area contributed by atoms with E-state index in [4.69, 9.17) is 0 Å². The van der Waals surface area contributed by atoms with Crippen LogP contribution in [-0.2, 0) is 0 Å². The minimum Gasteiger partial charge on any atom is -0.393 e. The first-order chi connectivity index (χ1) is 11.5. The number of rotatable bonds is 4. The average molecular weight is 354 g/mol. The molecular formula is C18H29N2O3S+. The number of hydrogen-bond acceptors (Lipinski definition) is 4. The van der Waals surface area contributed by atoms with Crippen LogP contribution >= 0.6 is 11.8 Å². The lowest BCUT2D eigenvalue weighted by Crippen LogP contribution is -2.35. The summed E-state index contributed by atoms with van der Waals surface area (Å²) in [7, 11) is 0. The molecule has 0 aromatic carbocycles. The highest BCUT2D eigenvalue weighted by Crippen LogP contribution is 2.39. The molecule has 134 valence electrons. The predicted molar refractivity (Wildman–Crippen MR) is 97.3 cm³/mol. The van der Waals surface area contributed by atoms with Gasteiger partial charge in [-0.2, -0.15) is 0 Å². The van der Waals surface area contributed by atoms with E-state index in [1.165, 1.54) is 36.3 Å². The van der Waals surface area contributed by atoms with Crippen molar-refractivity contribution in [2.75, 3.05) is 6.54 Å². The second kappa shape index (κ2) is 7.56. The van der Waals surface area contributed by atoms with E-state index >= 15 is 0 Å². The standard InChI is InChI=1S/C18H29N2O3S/c1-3-19-15-6-4-5-7-17(15)24-18(19)12(2)10-13-11-14(20(22)23)8-9-16(13)21/h10,13-17,21H,3-9,11H2,1-2H3/q+1/b12-10+. The smallest absolute Gasteiger partial charge is 0.238 e. The molecule has 1 heterocycles. The molecule has 5 nitrogen and oxygen atoms in total. The summed E-state index contributed by atoms with van der Waals surface area (Å²) < 4.78 is 2.53. The summed E-state index contributed by atoms with van der Waals surface area (Å²) in [5.74, 6) is -0.0939. The van der Waals surface area contributed by atoms with Gasteiger partial charge in [-0.3, -0.25) is 10.1 Å². The second-order valence-electron chi connectivity index (χ2n) is 7.43. The highest BCUT2D eigenvalue weighted by Gasteiger charge is 2.44. The predicted octanol–water partition coefficient (Wildman–Crippen LogP) is 3.23. The first kappa shape index (κ1) is 17.9. The van der Waals surface area contributed by atoms with Gasteiger partial charge < -0.3 is 5.11 Å². The summed E-state index contributed by atoms with van der Waals surface area (Å²) in [6, 6.07) is 0.142. The molecule has 2 aliphatic carbocycles. The maximum atomic E-state index is 11.1. The Hall–Kier alpha value is -0.880. The van der Waals surface area contributed by atoms with E-state index in [9.17, 15) is 15.2 Å². The first-order valence-electron chi connectivity index (χ1n) is 9.31. The molecule has 2 saturated carbocycles. The van der Waals surface area contributed by atoms with Gasteiger partial charge in [-0.1, -0.05) is 12.5 Å². The Labute approximate surface area is 148 Å². The molecule has 0 aromatic rings. The Morgan fingerprint density at radius 1 is 1.38 bits per heavy atom. The number of nitrogens with zero attached hydrogens (tertiary/aromatic N) is 2. The van der Waals surface area contributed by atoms with Crippen LogP contribution in [0.4, 0.5) is 0 Å². The number of hydrogen-bond donors (Lipinski definition) is 1. The quantitative estimate of drug-likeness (QED) is 0.479. The third kappa shape index (κ3) is 3.54. The summed E-state index contributed by atoms with van der Waals surface area (Å²) in [6.07, 6.45) is 8.37. The van der Waals surface area contributed by atoms with E-state index in [1.54, 1.807) is 0 Å². The fourth-order valence-corrected chi connectivity index (χ4v) is 6.23. The third-order valence-corrected chi connectivity index (χ3v) is 7.50. The summed E-state index contributed by atoms with van der Waals surface area (Å²) in [4.78, 5) is 10.9. The zero-order valence-corrected chi connectivity index (χ0v) is 15.5. The van der Waals surface area contributed by atoms with Gasteiger partial charge in [0.15, 0.2) is 6.04 Å². The monoisotopic (exact) mass is 353 g/mol. The largest absolute Gasteiger partial charge is 0.393 e. The SMILES string of the molecule is CC[N+]1=C(/C(C)=C/C2CC([N+](=O)[O-])CCC2O)SC2CCCCC21. The fraction of sp³-hybridized carbons (Fsp3) is 0.833. The van der Waals surface area contributed by atoms with Gasteiger partial charge in [0, 0.05) is 35.7 Å². The van der Waals surface area contributed by atoms with Crippen molar-refractivity contribution in [2.45, 2.75) is 82.2 Å². The Bertz CT molecular complexity index is 560. The molecule has 0 radical (unpaired) electrons. The summed E-state index contributed by atoms with van der Waals surface area (Å²) in [6.45, 7) is 5.34. The Kier molecular flexibility index (Phi) is 5.65. The lowest BCUT2D eigenvalue weighted by molar-refractivity contribution is -0.558. The van der Waals surface area contributed by atoms with Crippen LogP contribution < -0.4 is 0 Å². The Morgan fingerprint density at radius 2 is 2.12 bits per heavy atom. The van der Waals surface area contributed by atoms with E-state index in [2.05, 4.69) is 24.5 Å². The number of thioether (sulfide) groups is 1. The van der Waals surface area contributed by atoms with E-state index in [1.807, 2.05) is 11.8 Å². The molecule has 5 unspecified atom stereocenters. The van der Waals surface area contributed by atoms with Crippen LogP contribution in [0.15, 0.2) is 11.6 Å². The van der Waals surface area contributed by atoms with Crippen molar-refractivity contribution in [1.82, 2.24) is 0 Å². The maximum absolute atomic E-state index is 11.1. The zero-order chi connectivity index (χ0) is 17.3. The van der Waals surface area contributed by atoms with Crippen LogP contribution in [0.2, 0.25) is 0 Å². The van der Waals surface area contributed by atoms with Crippen LogP contribution in [0.1, 0.15) is 58.8 Å². The van der Waals surface area contributed by atoms with E-state index < -0.39 is 12.1 Å². The molecule has 5 atom stereocenters. The highest BCUT2D eigenvalue weighted by molar-refractivity contribution is 8.15. The average Bonchev–Trinajstić information content (AvgIpc) is 2.95.